The minimum atomic E-state index is 0. The molecule has 0 aliphatic heterocycles. The number of benzene rings is 1. The Morgan fingerprint density at radius 3 is 2.92 bits per heavy atom. The van der Waals surface area contributed by atoms with Gasteiger partial charge >= 0.3 is 0 Å². The molecular weight excluding hydrogens is 348 g/mol. The summed E-state index contributed by atoms with van der Waals surface area (Å²) < 4.78 is 2.28. The lowest BCUT2D eigenvalue weighted by atomic mass is 9.59. The Hall–Kier alpha value is -0.930. The number of thioether (sulfide) groups is 1. The average molecular weight is 377 g/mol. The number of aromatic nitrogens is 2. The summed E-state index contributed by atoms with van der Waals surface area (Å²) in [5, 5.41) is 0. The van der Waals surface area contributed by atoms with Crippen molar-refractivity contribution in [1.29, 1.82) is 0 Å². The standard InChI is InChI=1S/C21H28N2S.ClH/c1-3-21-9-5-6-17-7-8-19(24-4-2)18(20(17)21)12-16(13-21)14-23-11-10-22-15-23;/h7-8,10-11,15-16H,3-6,9,12-14H2,1-2H3;1H/t16-,21+;/m1./s1. The van der Waals surface area contributed by atoms with Crippen molar-refractivity contribution < 1.29 is 0 Å². The van der Waals surface area contributed by atoms with Crippen LogP contribution >= 0.6 is 24.2 Å². The van der Waals surface area contributed by atoms with E-state index in [-0.39, 0.29) is 12.4 Å². The fourth-order valence-electron chi connectivity index (χ4n) is 5.22. The van der Waals surface area contributed by atoms with Gasteiger partial charge in [0.25, 0.3) is 0 Å². The van der Waals surface area contributed by atoms with Crippen LogP contribution < -0.4 is 0 Å². The van der Waals surface area contributed by atoms with E-state index in [2.05, 4.69) is 41.7 Å². The second-order valence-electron chi connectivity index (χ2n) is 7.53. The Labute approximate surface area is 162 Å². The molecule has 2 aliphatic carbocycles. The molecule has 1 heterocycles. The lowest BCUT2D eigenvalue weighted by Gasteiger charge is -2.47. The van der Waals surface area contributed by atoms with Crippen molar-refractivity contribution in [2.45, 2.75) is 69.2 Å². The minimum Gasteiger partial charge on any atom is -0.337 e. The first kappa shape index (κ1) is 18.8. The molecule has 136 valence electrons. The van der Waals surface area contributed by atoms with Crippen LogP contribution in [0.1, 0.15) is 56.2 Å². The number of halogens is 1. The summed E-state index contributed by atoms with van der Waals surface area (Å²) in [5.41, 5.74) is 5.53. The number of hydrogen-bond acceptors (Lipinski definition) is 2. The van der Waals surface area contributed by atoms with Crippen molar-refractivity contribution in [3.63, 3.8) is 0 Å². The second-order valence-corrected chi connectivity index (χ2v) is 8.84. The number of imidazole rings is 1. The summed E-state index contributed by atoms with van der Waals surface area (Å²) in [6.07, 6.45) is 13.9. The summed E-state index contributed by atoms with van der Waals surface area (Å²) in [6, 6.07) is 4.85. The third-order valence-electron chi connectivity index (χ3n) is 6.17. The van der Waals surface area contributed by atoms with Crippen molar-refractivity contribution in [2.24, 2.45) is 5.92 Å². The van der Waals surface area contributed by atoms with Gasteiger partial charge in [0.1, 0.15) is 0 Å². The van der Waals surface area contributed by atoms with E-state index in [1.807, 2.05) is 24.3 Å². The van der Waals surface area contributed by atoms with Crippen LogP contribution in [0.5, 0.6) is 0 Å². The van der Waals surface area contributed by atoms with Gasteiger partial charge in [0.2, 0.25) is 0 Å². The predicted octanol–water partition coefficient (Wildman–Crippen LogP) is 5.66. The Kier molecular flexibility index (Phi) is 5.85. The highest BCUT2D eigenvalue weighted by atomic mass is 35.5. The van der Waals surface area contributed by atoms with E-state index in [0.717, 1.165) is 18.2 Å². The van der Waals surface area contributed by atoms with Crippen LogP contribution in [0.15, 0.2) is 35.7 Å². The van der Waals surface area contributed by atoms with E-state index in [0.29, 0.717) is 5.41 Å². The highest BCUT2D eigenvalue weighted by Crippen LogP contribution is 2.52. The monoisotopic (exact) mass is 376 g/mol. The van der Waals surface area contributed by atoms with Gasteiger partial charge in [-0.15, -0.1) is 24.2 Å². The minimum absolute atomic E-state index is 0. The van der Waals surface area contributed by atoms with Crippen molar-refractivity contribution in [1.82, 2.24) is 9.55 Å². The molecule has 4 rings (SSSR count). The molecule has 2 nitrogen and oxygen atoms in total. The van der Waals surface area contributed by atoms with Crippen LogP contribution in [0.4, 0.5) is 0 Å². The molecule has 0 radical (unpaired) electrons. The molecule has 0 spiro atoms. The maximum Gasteiger partial charge on any atom is 0.0945 e. The maximum atomic E-state index is 4.24. The van der Waals surface area contributed by atoms with Crippen LogP contribution in [0.2, 0.25) is 0 Å². The van der Waals surface area contributed by atoms with Gasteiger partial charge in [-0.1, -0.05) is 19.9 Å². The number of rotatable bonds is 5. The molecule has 0 saturated carbocycles. The van der Waals surface area contributed by atoms with Crippen molar-refractivity contribution >= 4 is 24.2 Å². The van der Waals surface area contributed by atoms with Crippen LogP contribution in [0, 0.1) is 5.92 Å². The van der Waals surface area contributed by atoms with Gasteiger partial charge in [-0.3, -0.25) is 0 Å². The zero-order chi connectivity index (χ0) is 16.6. The summed E-state index contributed by atoms with van der Waals surface area (Å²) >= 11 is 2.04. The molecule has 25 heavy (non-hydrogen) atoms. The molecule has 0 bridgehead atoms. The fourth-order valence-corrected chi connectivity index (χ4v) is 6.05. The fraction of sp³-hybridized carbons (Fsp3) is 0.571. The molecule has 1 aromatic carbocycles. The highest BCUT2D eigenvalue weighted by molar-refractivity contribution is 7.99. The lowest BCUT2D eigenvalue weighted by molar-refractivity contribution is 0.224. The van der Waals surface area contributed by atoms with Crippen LogP contribution in [0.3, 0.4) is 0 Å². The molecule has 2 aromatic rings. The zero-order valence-corrected chi connectivity index (χ0v) is 17.0. The Bertz CT molecular complexity index is 713. The van der Waals surface area contributed by atoms with Crippen LogP contribution in [0.25, 0.3) is 0 Å². The van der Waals surface area contributed by atoms with Gasteiger partial charge in [-0.05, 0) is 78.4 Å². The van der Waals surface area contributed by atoms with Crippen molar-refractivity contribution in [2.75, 3.05) is 5.75 Å². The molecule has 0 amide bonds. The largest absolute Gasteiger partial charge is 0.337 e. The van der Waals surface area contributed by atoms with Gasteiger partial charge in [0.05, 0.1) is 6.33 Å². The van der Waals surface area contributed by atoms with E-state index in [1.165, 1.54) is 38.5 Å². The van der Waals surface area contributed by atoms with Gasteiger partial charge < -0.3 is 4.57 Å². The molecule has 0 N–H and O–H groups in total. The predicted molar refractivity (Wildman–Crippen MR) is 109 cm³/mol. The second kappa shape index (κ2) is 7.75. The SMILES string of the molecule is CCSc1ccc2c3c1C[C@@H](Cn1ccnc1)C[C@]3(CC)CCC2.Cl. The number of nitrogens with zero attached hydrogens (tertiary/aromatic N) is 2. The molecule has 4 heteroatoms. The average Bonchev–Trinajstić information content (AvgIpc) is 3.10. The third kappa shape index (κ3) is 3.38. The lowest BCUT2D eigenvalue weighted by Crippen LogP contribution is -2.39. The van der Waals surface area contributed by atoms with E-state index in [4.69, 9.17) is 0 Å². The number of aryl methyl sites for hydroxylation is 1. The van der Waals surface area contributed by atoms with Gasteiger partial charge in [0, 0.05) is 23.8 Å². The molecule has 1 aromatic heterocycles. The number of hydrogen-bond donors (Lipinski definition) is 0. The van der Waals surface area contributed by atoms with Gasteiger partial charge in [-0.2, -0.15) is 0 Å². The third-order valence-corrected chi connectivity index (χ3v) is 7.15. The molecule has 0 fully saturated rings. The van der Waals surface area contributed by atoms with E-state index >= 15 is 0 Å². The summed E-state index contributed by atoms with van der Waals surface area (Å²) in [5.74, 6) is 1.90. The van der Waals surface area contributed by atoms with Crippen molar-refractivity contribution in [3.05, 3.63) is 47.5 Å². The van der Waals surface area contributed by atoms with Crippen LogP contribution in [-0.4, -0.2) is 15.3 Å². The molecule has 2 aliphatic rings. The summed E-state index contributed by atoms with van der Waals surface area (Å²) in [7, 11) is 0. The summed E-state index contributed by atoms with van der Waals surface area (Å²) in [4.78, 5) is 5.79. The smallest absolute Gasteiger partial charge is 0.0945 e. The topological polar surface area (TPSA) is 17.8 Å². The van der Waals surface area contributed by atoms with Gasteiger partial charge in [0.15, 0.2) is 0 Å². The summed E-state index contributed by atoms with van der Waals surface area (Å²) in [6.45, 7) is 5.80. The Morgan fingerprint density at radius 2 is 2.20 bits per heavy atom. The zero-order valence-electron chi connectivity index (χ0n) is 15.3. The molecule has 0 saturated heterocycles. The first-order valence-electron chi connectivity index (χ1n) is 9.49. The first-order valence-corrected chi connectivity index (χ1v) is 10.5. The molecule has 2 atom stereocenters. The maximum absolute atomic E-state index is 4.24. The van der Waals surface area contributed by atoms with Gasteiger partial charge in [-0.25, -0.2) is 4.98 Å². The Morgan fingerprint density at radius 1 is 1.32 bits per heavy atom. The molecular formula is C21H29ClN2S. The molecule has 0 unspecified atom stereocenters. The Balaban J connectivity index is 0.00000182. The van der Waals surface area contributed by atoms with Crippen LogP contribution in [-0.2, 0) is 24.8 Å². The van der Waals surface area contributed by atoms with E-state index in [1.54, 1.807) is 21.6 Å². The highest BCUT2D eigenvalue weighted by Gasteiger charge is 2.42. The van der Waals surface area contributed by atoms with Crippen molar-refractivity contribution in [3.8, 4) is 0 Å². The van der Waals surface area contributed by atoms with E-state index in [9.17, 15) is 0 Å². The first-order chi connectivity index (χ1) is 11.8. The van der Waals surface area contributed by atoms with E-state index < -0.39 is 0 Å². The quantitative estimate of drug-likeness (QED) is 0.626. The normalized spacial score (nSPS) is 24.5.